The molecule has 1 saturated heterocycles. The zero-order chi connectivity index (χ0) is 24.8. The number of fused-ring (bicyclic) bond motifs is 2. The van der Waals surface area contributed by atoms with Crippen molar-refractivity contribution in [1.29, 1.82) is 0 Å². The molecule has 0 spiro atoms. The van der Waals surface area contributed by atoms with Crippen LogP contribution in [0.3, 0.4) is 0 Å². The van der Waals surface area contributed by atoms with Crippen LogP contribution in [-0.4, -0.2) is 46.1 Å². The van der Waals surface area contributed by atoms with Crippen LogP contribution < -0.4 is 10.5 Å². The summed E-state index contributed by atoms with van der Waals surface area (Å²) in [5.74, 6) is -1.30. The van der Waals surface area contributed by atoms with Crippen molar-refractivity contribution in [2.24, 2.45) is 5.73 Å². The van der Waals surface area contributed by atoms with E-state index < -0.39 is 12.1 Å². The number of likely N-dealkylation sites (tertiary alicyclic amines) is 1. The molecule has 0 atom stereocenters. The third-order valence-electron chi connectivity index (χ3n) is 5.78. The molecular formula is C26H25F3N4O2. The fourth-order valence-electron chi connectivity index (χ4n) is 3.97. The van der Waals surface area contributed by atoms with Gasteiger partial charge in [0, 0.05) is 49.0 Å². The number of carbonyl (C=O) groups excluding carboxylic acids is 1. The molecular weight excluding hydrogens is 457 g/mol. The van der Waals surface area contributed by atoms with Crippen LogP contribution in [0.5, 0.6) is 5.75 Å². The number of ether oxygens (including phenoxy) is 1. The Morgan fingerprint density at radius 2 is 1.74 bits per heavy atom. The predicted octanol–water partition coefficient (Wildman–Crippen LogP) is 4.86. The minimum Gasteiger partial charge on any atom is -0.490 e. The van der Waals surface area contributed by atoms with E-state index in [0.717, 1.165) is 49.1 Å². The summed E-state index contributed by atoms with van der Waals surface area (Å²) in [4.78, 5) is 20.4. The minimum atomic E-state index is -4.86. The molecule has 2 N–H and O–H groups in total. The normalized spacial score (nSPS) is 14.9. The van der Waals surface area contributed by atoms with E-state index >= 15 is 0 Å². The summed E-state index contributed by atoms with van der Waals surface area (Å²) in [7, 11) is 0. The lowest BCUT2D eigenvalue weighted by Gasteiger charge is -2.32. The van der Waals surface area contributed by atoms with Crippen molar-refractivity contribution >= 4 is 27.6 Å². The highest BCUT2D eigenvalue weighted by Crippen LogP contribution is 2.24. The number of hydrogen-bond donors (Lipinski definition) is 1. The van der Waals surface area contributed by atoms with Gasteiger partial charge in [-0.25, -0.2) is 0 Å². The number of piperidine rings is 1. The van der Waals surface area contributed by atoms with Gasteiger partial charge >= 0.3 is 12.1 Å². The molecule has 4 aromatic rings. The van der Waals surface area contributed by atoms with Gasteiger partial charge in [0.05, 0.1) is 5.52 Å². The predicted molar refractivity (Wildman–Crippen MR) is 128 cm³/mol. The fraction of sp³-hybridized carbons (Fsp3) is 0.269. The summed E-state index contributed by atoms with van der Waals surface area (Å²) in [5, 5.41) is 3.53. The van der Waals surface area contributed by atoms with Gasteiger partial charge in [0.2, 0.25) is 0 Å². The number of pyridine rings is 2. The molecule has 0 radical (unpaired) electrons. The highest BCUT2D eigenvalue weighted by molar-refractivity contribution is 5.82. The zero-order valence-electron chi connectivity index (χ0n) is 18.9. The van der Waals surface area contributed by atoms with Gasteiger partial charge in [0.1, 0.15) is 11.9 Å². The SMILES string of the molecule is NC(=O)C(F)(F)F.c1ccc2ncc(CN3CCC(Oc4ccc5cnccc5c4)CC3)cc2c1. The number of hydrogen-bond acceptors (Lipinski definition) is 5. The summed E-state index contributed by atoms with van der Waals surface area (Å²) < 4.78 is 38.4. The maximum Gasteiger partial charge on any atom is 0.470 e. The third-order valence-corrected chi connectivity index (χ3v) is 5.78. The largest absolute Gasteiger partial charge is 0.490 e. The Labute approximate surface area is 200 Å². The number of amides is 1. The number of primary amides is 1. The molecule has 182 valence electrons. The number of carbonyl (C=O) groups is 1. The number of halogens is 3. The smallest absolute Gasteiger partial charge is 0.470 e. The second-order valence-electron chi connectivity index (χ2n) is 8.38. The summed E-state index contributed by atoms with van der Waals surface area (Å²) in [6.45, 7) is 3.05. The molecule has 1 fully saturated rings. The maximum absolute atomic E-state index is 10.7. The highest BCUT2D eigenvalue weighted by Gasteiger charge is 2.35. The second-order valence-corrected chi connectivity index (χ2v) is 8.38. The molecule has 1 amide bonds. The van der Waals surface area contributed by atoms with Crippen LogP contribution in [0.4, 0.5) is 13.2 Å². The van der Waals surface area contributed by atoms with Crippen LogP contribution in [-0.2, 0) is 11.3 Å². The first kappa shape index (κ1) is 24.4. The van der Waals surface area contributed by atoms with Crippen LogP contribution in [0.15, 0.2) is 73.2 Å². The first-order chi connectivity index (χ1) is 16.8. The monoisotopic (exact) mass is 482 g/mol. The first-order valence-corrected chi connectivity index (χ1v) is 11.2. The Balaban J connectivity index is 0.000000364. The topological polar surface area (TPSA) is 81.3 Å². The van der Waals surface area contributed by atoms with Crippen LogP contribution in [0.25, 0.3) is 21.7 Å². The van der Waals surface area contributed by atoms with Gasteiger partial charge in [0.15, 0.2) is 0 Å². The number of alkyl halides is 3. The second kappa shape index (κ2) is 10.7. The molecule has 0 bridgehead atoms. The Hall–Kier alpha value is -3.72. The minimum absolute atomic E-state index is 0.283. The van der Waals surface area contributed by atoms with Crippen molar-refractivity contribution in [2.45, 2.75) is 31.7 Å². The highest BCUT2D eigenvalue weighted by atomic mass is 19.4. The van der Waals surface area contributed by atoms with E-state index in [1.165, 1.54) is 16.3 Å². The van der Waals surface area contributed by atoms with E-state index in [9.17, 15) is 13.2 Å². The average molecular weight is 483 g/mol. The van der Waals surface area contributed by atoms with Crippen molar-refractivity contribution < 1.29 is 22.7 Å². The number of aromatic nitrogens is 2. The van der Waals surface area contributed by atoms with Gasteiger partial charge in [-0.2, -0.15) is 13.2 Å². The lowest BCUT2D eigenvalue weighted by atomic mass is 10.1. The molecule has 2 aromatic heterocycles. The van der Waals surface area contributed by atoms with E-state index in [2.05, 4.69) is 63.1 Å². The van der Waals surface area contributed by atoms with Crippen molar-refractivity contribution in [2.75, 3.05) is 13.1 Å². The van der Waals surface area contributed by atoms with Crippen LogP contribution in [0.1, 0.15) is 18.4 Å². The average Bonchev–Trinajstić information content (AvgIpc) is 2.85. The van der Waals surface area contributed by atoms with Gasteiger partial charge in [-0.15, -0.1) is 0 Å². The lowest BCUT2D eigenvalue weighted by Crippen LogP contribution is -2.37. The Morgan fingerprint density at radius 3 is 2.49 bits per heavy atom. The Morgan fingerprint density at radius 1 is 1.00 bits per heavy atom. The van der Waals surface area contributed by atoms with Gasteiger partial charge in [-0.1, -0.05) is 18.2 Å². The van der Waals surface area contributed by atoms with E-state index in [0.29, 0.717) is 0 Å². The van der Waals surface area contributed by atoms with E-state index in [4.69, 9.17) is 9.53 Å². The molecule has 0 unspecified atom stereocenters. The summed E-state index contributed by atoms with van der Waals surface area (Å²) in [5.41, 5.74) is 6.14. The number of nitrogens with zero attached hydrogens (tertiary/aromatic N) is 3. The molecule has 35 heavy (non-hydrogen) atoms. The van der Waals surface area contributed by atoms with Crippen molar-refractivity contribution in [1.82, 2.24) is 14.9 Å². The quantitative estimate of drug-likeness (QED) is 0.449. The van der Waals surface area contributed by atoms with Crippen molar-refractivity contribution in [3.8, 4) is 5.75 Å². The Kier molecular flexibility index (Phi) is 7.45. The Bertz CT molecular complexity index is 1220. The summed E-state index contributed by atoms with van der Waals surface area (Å²) in [6, 6.07) is 18.8. The van der Waals surface area contributed by atoms with Crippen molar-refractivity contribution in [3.63, 3.8) is 0 Å². The molecule has 1 aliphatic heterocycles. The number of para-hydroxylation sites is 1. The molecule has 0 aliphatic carbocycles. The first-order valence-electron chi connectivity index (χ1n) is 11.2. The molecule has 0 saturated carbocycles. The van der Waals surface area contributed by atoms with Gasteiger partial charge in [0.25, 0.3) is 0 Å². The van der Waals surface area contributed by atoms with E-state index in [1.54, 1.807) is 0 Å². The molecule has 3 heterocycles. The molecule has 2 aromatic carbocycles. The molecule has 6 nitrogen and oxygen atoms in total. The molecule has 5 rings (SSSR count). The van der Waals surface area contributed by atoms with Crippen LogP contribution in [0, 0.1) is 0 Å². The summed E-state index contributed by atoms with van der Waals surface area (Å²) >= 11 is 0. The third kappa shape index (κ3) is 6.66. The van der Waals surface area contributed by atoms with Crippen LogP contribution >= 0.6 is 0 Å². The van der Waals surface area contributed by atoms with Crippen molar-refractivity contribution in [3.05, 3.63) is 78.8 Å². The maximum atomic E-state index is 10.7. The van der Waals surface area contributed by atoms with Gasteiger partial charge in [-0.05, 0) is 60.2 Å². The molecule has 1 aliphatic rings. The number of benzene rings is 2. The number of rotatable bonds is 4. The summed E-state index contributed by atoms with van der Waals surface area (Å²) in [6.07, 6.45) is 3.25. The van der Waals surface area contributed by atoms with Crippen LogP contribution in [0.2, 0.25) is 0 Å². The lowest BCUT2D eigenvalue weighted by molar-refractivity contribution is -0.169. The standard InChI is InChI=1S/C24H23N3O.C2H2F3NO/c1-2-4-24-20(3-1)13-18(15-26-24)17-27-11-8-22(9-12-27)28-23-6-5-21-16-25-10-7-19(21)14-23;3-2(4,5)1(6)7/h1-7,10,13-16,22H,8-9,11-12,17H2;(H2,6,7). The number of nitrogens with two attached hydrogens (primary N) is 1. The zero-order valence-corrected chi connectivity index (χ0v) is 18.9. The molecule has 9 heteroatoms. The fourth-order valence-corrected chi connectivity index (χ4v) is 3.97. The van der Waals surface area contributed by atoms with Gasteiger partial charge in [-0.3, -0.25) is 19.7 Å². The van der Waals surface area contributed by atoms with Gasteiger partial charge < -0.3 is 10.5 Å². The van der Waals surface area contributed by atoms with E-state index in [-0.39, 0.29) is 6.10 Å². The van der Waals surface area contributed by atoms with E-state index in [1.807, 2.05) is 30.7 Å².